The Labute approximate surface area is 89.5 Å². The number of aliphatic hydroxyl groups excluding tert-OH is 1. The SMILES string of the molecule is OC1CCn2c1nc1ccc(Br)cc12. The first kappa shape index (κ1) is 8.44. The first-order valence-electron chi connectivity index (χ1n) is 4.59. The first-order valence-corrected chi connectivity index (χ1v) is 5.39. The number of hydrogen-bond acceptors (Lipinski definition) is 2. The molecule has 0 fully saturated rings. The van der Waals surface area contributed by atoms with Gasteiger partial charge >= 0.3 is 0 Å². The van der Waals surface area contributed by atoms with Crippen LogP contribution in [0.15, 0.2) is 22.7 Å². The molecule has 14 heavy (non-hydrogen) atoms. The van der Waals surface area contributed by atoms with E-state index < -0.39 is 0 Å². The highest BCUT2D eigenvalue weighted by molar-refractivity contribution is 9.10. The molecule has 3 rings (SSSR count). The van der Waals surface area contributed by atoms with E-state index in [-0.39, 0.29) is 6.10 Å². The average molecular weight is 253 g/mol. The van der Waals surface area contributed by atoms with Gasteiger partial charge < -0.3 is 9.67 Å². The lowest BCUT2D eigenvalue weighted by Crippen LogP contribution is -1.93. The van der Waals surface area contributed by atoms with Crippen molar-refractivity contribution in [1.82, 2.24) is 9.55 Å². The van der Waals surface area contributed by atoms with Gasteiger partial charge in [0.1, 0.15) is 11.9 Å². The molecule has 0 amide bonds. The zero-order valence-corrected chi connectivity index (χ0v) is 9.03. The van der Waals surface area contributed by atoms with Crippen molar-refractivity contribution in [2.75, 3.05) is 0 Å². The van der Waals surface area contributed by atoms with Crippen molar-refractivity contribution >= 4 is 27.0 Å². The number of fused-ring (bicyclic) bond motifs is 3. The van der Waals surface area contributed by atoms with Crippen LogP contribution >= 0.6 is 15.9 Å². The summed E-state index contributed by atoms with van der Waals surface area (Å²) < 4.78 is 3.14. The molecule has 0 radical (unpaired) electrons. The van der Waals surface area contributed by atoms with Crippen molar-refractivity contribution in [3.63, 3.8) is 0 Å². The van der Waals surface area contributed by atoms with Gasteiger partial charge in [0.15, 0.2) is 0 Å². The summed E-state index contributed by atoms with van der Waals surface area (Å²) in [4.78, 5) is 4.41. The van der Waals surface area contributed by atoms with Crippen molar-refractivity contribution in [2.45, 2.75) is 19.1 Å². The van der Waals surface area contributed by atoms with Gasteiger partial charge in [-0.1, -0.05) is 15.9 Å². The lowest BCUT2D eigenvalue weighted by molar-refractivity contribution is 0.176. The van der Waals surface area contributed by atoms with Crippen LogP contribution in [-0.2, 0) is 6.54 Å². The van der Waals surface area contributed by atoms with E-state index in [0.29, 0.717) is 0 Å². The summed E-state index contributed by atoms with van der Waals surface area (Å²) in [6.45, 7) is 0.865. The predicted molar refractivity (Wildman–Crippen MR) is 57.0 cm³/mol. The van der Waals surface area contributed by atoms with Crippen LogP contribution in [0.5, 0.6) is 0 Å². The molecule has 1 atom stereocenters. The van der Waals surface area contributed by atoms with Gasteiger partial charge in [0.25, 0.3) is 0 Å². The standard InChI is InChI=1S/C10H9BrN2O/c11-6-1-2-7-8(5-6)13-4-3-9(14)10(13)12-7/h1-2,5,9,14H,3-4H2. The van der Waals surface area contributed by atoms with Crippen LogP contribution in [0, 0.1) is 0 Å². The molecular weight excluding hydrogens is 244 g/mol. The maximum absolute atomic E-state index is 9.66. The van der Waals surface area contributed by atoms with Crippen molar-refractivity contribution in [1.29, 1.82) is 0 Å². The van der Waals surface area contributed by atoms with Gasteiger partial charge in [-0.3, -0.25) is 0 Å². The number of nitrogens with zero attached hydrogens (tertiary/aromatic N) is 2. The molecule has 1 unspecified atom stereocenters. The van der Waals surface area contributed by atoms with Gasteiger partial charge in [-0.2, -0.15) is 0 Å². The second-order valence-corrected chi connectivity index (χ2v) is 4.47. The van der Waals surface area contributed by atoms with Crippen LogP contribution in [-0.4, -0.2) is 14.7 Å². The number of benzene rings is 1. The van der Waals surface area contributed by atoms with Gasteiger partial charge in [0.05, 0.1) is 11.0 Å². The molecule has 0 spiro atoms. The minimum absolute atomic E-state index is 0.388. The average Bonchev–Trinajstić information content (AvgIpc) is 2.67. The van der Waals surface area contributed by atoms with E-state index in [1.165, 1.54) is 0 Å². The quantitative estimate of drug-likeness (QED) is 0.781. The van der Waals surface area contributed by atoms with Gasteiger partial charge in [-0.15, -0.1) is 0 Å². The fourth-order valence-electron chi connectivity index (χ4n) is 1.98. The van der Waals surface area contributed by atoms with E-state index in [9.17, 15) is 5.11 Å². The third-order valence-corrected chi connectivity index (χ3v) is 3.16. The Morgan fingerprint density at radius 2 is 2.36 bits per heavy atom. The highest BCUT2D eigenvalue weighted by Crippen LogP contribution is 2.30. The second-order valence-electron chi connectivity index (χ2n) is 3.56. The minimum atomic E-state index is -0.388. The van der Waals surface area contributed by atoms with Gasteiger partial charge in [-0.25, -0.2) is 4.98 Å². The fourth-order valence-corrected chi connectivity index (χ4v) is 2.33. The molecule has 0 aliphatic carbocycles. The number of aliphatic hydroxyl groups is 1. The van der Waals surface area contributed by atoms with Crippen molar-refractivity contribution < 1.29 is 5.11 Å². The summed E-state index contributed by atoms with van der Waals surface area (Å²) in [7, 11) is 0. The Kier molecular flexibility index (Phi) is 1.69. The number of rotatable bonds is 0. The Morgan fingerprint density at radius 1 is 1.50 bits per heavy atom. The van der Waals surface area contributed by atoms with Crippen LogP contribution in [0.4, 0.5) is 0 Å². The maximum Gasteiger partial charge on any atom is 0.138 e. The molecule has 1 aliphatic heterocycles. The summed E-state index contributed by atoms with van der Waals surface area (Å²) >= 11 is 3.44. The van der Waals surface area contributed by atoms with Crippen LogP contribution in [0.1, 0.15) is 18.3 Å². The van der Waals surface area contributed by atoms with E-state index in [0.717, 1.165) is 34.3 Å². The summed E-state index contributed by atoms with van der Waals surface area (Å²) in [6.07, 6.45) is 0.395. The third-order valence-electron chi connectivity index (χ3n) is 2.66. The Morgan fingerprint density at radius 3 is 3.21 bits per heavy atom. The van der Waals surface area contributed by atoms with E-state index >= 15 is 0 Å². The molecule has 2 heterocycles. The molecule has 2 aromatic rings. The van der Waals surface area contributed by atoms with Crippen molar-refractivity contribution in [3.05, 3.63) is 28.5 Å². The number of halogens is 1. The zero-order chi connectivity index (χ0) is 9.71. The molecule has 1 aliphatic rings. The van der Waals surface area contributed by atoms with Gasteiger partial charge in [-0.05, 0) is 24.6 Å². The lowest BCUT2D eigenvalue weighted by Gasteiger charge is -1.97. The second kappa shape index (κ2) is 2.81. The highest BCUT2D eigenvalue weighted by Gasteiger charge is 2.24. The smallest absolute Gasteiger partial charge is 0.138 e. The molecule has 1 N–H and O–H groups in total. The zero-order valence-electron chi connectivity index (χ0n) is 7.44. The lowest BCUT2D eigenvalue weighted by atomic mass is 10.3. The Bertz CT molecular complexity index is 506. The number of hydrogen-bond donors (Lipinski definition) is 1. The van der Waals surface area contributed by atoms with Crippen LogP contribution in [0.25, 0.3) is 11.0 Å². The monoisotopic (exact) mass is 252 g/mol. The van der Waals surface area contributed by atoms with E-state index in [1.807, 2.05) is 18.2 Å². The normalized spacial score (nSPS) is 20.3. The highest BCUT2D eigenvalue weighted by atomic mass is 79.9. The largest absolute Gasteiger partial charge is 0.385 e. The minimum Gasteiger partial charge on any atom is -0.385 e. The first-order chi connectivity index (χ1) is 6.75. The molecule has 0 bridgehead atoms. The molecule has 1 aromatic heterocycles. The Hall–Kier alpha value is -0.870. The summed E-state index contributed by atoms with van der Waals surface area (Å²) in [5, 5.41) is 9.66. The fraction of sp³-hybridized carbons (Fsp3) is 0.300. The third kappa shape index (κ3) is 1.04. The van der Waals surface area contributed by atoms with Crippen LogP contribution < -0.4 is 0 Å². The Balaban J connectivity index is 2.36. The molecule has 72 valence electrons. The molecule has 0 saturated heterocycles. The molecule has 1 aromatic carbocycles. The number of aromatic nitrogens is 2. The molecule has 4 heteroatoms. The van der Waals surface area contributed by atoms with Crippen LogP contribution in [0.2, 0.25) is 0 Å². The summed E-state index contributed by atoms with van der Waals surface area (Å²) in [5.41, 5.74) is 2.06. The maximum atomic E-state index is 9.66. The molecular formula is C10H9BrN2O. The predicted octanol–water partition coefficient (Wildman–Crippen LogP) is 2.24. The number of aryl methyl sites for hydroxylation is 1. The van der Waals surface area contributed by atoms with E-state index in [2.05, 4.69) is 25.5 Å². The topological polar surface area (TPSA) is 38.0 Å². The summed E-state index contributed by atoms with van der Waals surface area (Å²) in [6, 6.07) is 5.98. The van der Waals surface area contributed by atoms with Crippen LogP contribution in [0.3, 0.4) is 0 Å². The number of imidazole rings is 1. The van der Waals surface area contributed by atoms with E-state index in [4.69, 9.17) is 0 Å². The van der Waals surface area contributed by atoms with Crippen molar-refractivity contribution in [2.24, 2.45) is 0 Å². The molecule has 3 nitrogen and oxygen atoms in total. The van der Waals surface area contributed by atoms with Gasteiger partial charge in [0.2, 0.25) is 0 Å². The molecule has 0 saturated carbocycles. The van der Waals surface area contributed by atoms with Crippen molar-refractivity contribution in [3.8, 4) is 0 Å². The van der Waals surface area contributed by atoms with Gasteiger partial charge in [0, 0.05) is 11.0 Å². The summed E-state index contributed by atoms with van der Waals surface area (Å²) in [5.74, 6) is 0.804. The van der Waals surface area contributed by atoms with E-state index in [1.54, 1.807) is 0 Å².